The van der Waals surface area contributed by atoms with Gasteiger partial charge < -0.3 is 10.2 Å². The molecular formula is C18H23N3O2S. The van der Waals surface area contributed by atoms with E-state index in [2.05, 4.69) is 23.3 Å². The van der Waals surface area contributed by atoms with Gasteiger partial charge in [-0.3, -0.25) is 9.59 Å². The van der Waals surface area contributed by atoms with Crippen LogP contribution < -0.4 is 5.32 Å². The number of aromatic nitrogens is 1. The molecule has 24 heavy (non-hydrogen) atoms. The molecule has 0 spiro atoms. The van der Waals surface area contributed by atoms with E-state index in [-0.39, 0.29) is 23.7 Å². The van der Waals surface area contributed by atoms with Crippen LogP contribution in [0.1, 0.15) is 37.6 Å². The first kappa shape index (κ1) is 16.9. The molecule has 2 amide bonds. The Kier molecular flexibility index (Phi) is 5.14. The van der Waals surface area contributed by atoms with E-state index in [9.17, 15) is 9.59 Å². The first-order valence-electron chi connectivity index (χ1n) is 8.43. The maximum absolute atomic E-state index is 12.4. The van der Waals surface area contributed by atoms with Gasteiger partial charge in [-0.25, -0.2) is 4.98 Å². The van der Waals surface area contributed by atoms with Gasteiger partial charge in [0.2, 0.25) is 11.8 Å². The number of amides is 2. The van der Waals surface area contributed by atoms with Gasteiger partial charge in [-0.1, -0.05) is 19.1 Å². The maximum Gasteiger partial charge on any atom is 0.224 e. The molecule has 1 saturated heterocycles. The molecule has 3 rings (SSSR count). The minimum absolute atomic E-state index is 0.0499. The Hall–Kier alpha value is -1.95. The van der Waals surface area contributed by atoms with Gasteiger partial charge in [0.15, 0.2) is 0 Å². The number of fused-ring (bicyclic) bond motifs is 1. The van der Waals surface area contributed by atoms with Gasteiger partial charge in [0.25, 0.3) is 0 Å². The average Bonchev–Trinajstić information content (AvgIpc) is 3.03. The molecule has 6 heteroatoms. The van der Waals surface area contributed by atoms with Crippen molar-refractivity contribution in [1.29, 1.82) is 0 Å². The number of likely N-dealkylation sites (tertiary alicyclic amines) is 1. The molecule has 1 fully saturated rings. The highest BCUT2D eigenvalue weighted by molar-refractivity contribution is 7.18. The number of carbonyl (C=O) groups excluding carboxylic acids is 2. The molecule has 0 unspecified atom stereocenters. The van der Waals surface area contributed by atoms with Crippen molar-refractivity contribution in [3.05, 3.63) is 29.3 Å². The Balaban J connectivity index is 1.56. The van der Waals surface area contributed by atoms with Crippen LogP contribution in [-0.2, 0) is 9.59 Å². The van der Waals surface area contributed by atoms with Crippen molar-refractivity contribution >= 4 is 33.4 Å². The first-order valence-corrected chi connectivity index (χ1v) is 9.25. The number of piperidine rings is 1. The average molecular weight is 345 g/mol. The third-order valence-corrected chi connectivity index (χ3v) is 5.82. The monoisotopic (exact) mass is 345 g/mol. The van der Waals surface area contributed by atoms with Crippen LogP contribution in [0.15, 0.2) is 24.3 Å². The molecule has 0 saturated carbocycles. The van der Waals surface area contributed by atoms with E-state index in [0.29, 0.717) is 13.1 Å². The summed E-state index contributed by atoms with van der Waals surface area (Å²) in [4.78, 5) is 30.3. The number of nitrogens with zero attached hydrogens (tertiary/aromatic N) is 2. The normalized spacial score (nSPS) is 19.2. The number of benzene rings is 1. The van der Waals surface area contributed by atoms with Crippen LogP contribution >= 0.6 is 11.3 Å². The van der Waals surface area contributed by atoms with Crippen molar-refractivity contribution in [2.24, 2.45) is 5.92 Å². The Morgan fingerprint density at radius 1 is 1.42 bits per heavy atom. The second-order valence-electron chi connectivity index (χ2n) is 6.47. The third-order valence-electron chi connectivity index (χ3n) is 4.55. The van der Waals surface area contributed by atoms with Crippen molar-refractivity contribution in [3.8, 4) is 0 Å². The predicted molar refractivity (Wildman–Crippen MR) is 96.0 cm³/mol. The number of hydrogen-bond acceptors (Lipinski definition) is 4. The lowest BCUT2D eigenvalue weighted by Gasteiger charge is -2.31. The minimum Gasteiger partial charge on any atom is -0.355 e. The molecule has 128 valence electrons. The second-order valence-corrected chi connectivity index (χ2v) is 7.53. The summed E-state index contributed by atoms with van der Waals surface area (Å²) in [5, 5.41) is 4.09. The highest BCUT2D eigenvalue weighted by atomic mass is 32.1. The van der Waals surface area contributed by atoms with Crippen LogP contribution in [0.25, 0.3) is 10.2 Å². The Morgan fingerprint density at radius 2 is 2.21 bits per heavy atom. The molecule has 1 aromatic heterocycles. The lowest BCUT2D eigenvalue weighted by atomic mass is 9.97. The van der Waals surface area contributed by atoms with E-state index >= 15 is 0 Å². The summed E-state index contributed by atoms with van der Waals surface area (Å²) < 4.78 is 1.18. The number of para-hydroxylation sites is 1. The summed E-state index contributed by atoms with van der Waals surface area (Å²) in [6.07, 6.45) is 1.75. The summed E-state index contributed by atoms with van der Waals surface area (Å²) in [5.74, 6) is 0.188. The molecule has 1 aliphatic rings. The summed E-state index contributed by atoms with van der Waals surface area (Å²) in [5.41, 5.74) is 1.01. The Morgan fingerprint density at radius 3 is 2.96 bits per heavy atom. The Bertz CT molecular complexity index is 710. The molecule has 0 aliphatic carbocycles. The lowest BCUT2D eigenvalue weighted by Crippen LogP contribution is -2.45. The van der Waals surface area contributed by atoms with E-state index < -0.39 is 0 Å². The zero-order chi connectivity index (χ0) is 17.1. The fourth-order valence-electron chi connectivity index (χ4n) is 3.06. The standard InChI is InChI=1S/C18H23N3O2S/c1-12(18-20-15-7-3-4-8-16(15)24-18)10-19-17(23)14-6-5-9-21(11-14)13(2)22/h3-4,7-8,12,14H,5-6,9-11H2,1-2H3,(H,19,23)/t12-,14+/m0/s1. The second kappa shape index (κ2) is 7.30. The number of hydrogen-bond donors (Lipinski definition) is 1. The van der Waals surface area contributed by atoms with Crippen molar-refractivity contribution in [1.82, 2.24) is 15.2 Å². The van der Waals surface area contributed by atoms with Crippen molar-refractivity contribution < 1.29 is 9.59 Å². The smallest absolute Gasteiger partial charge is 0.224 e. The van der Waals surface area contributed by atoms with Gasteiger partial charge in [0.1, 0.15) is 0 Å². The van der Waals surface area contributed by atoms with Crippen molar-refractivity contribution in [3.63, 3.8) is 0 Å². The van der Waals surface area contributed by atoms with Gasteiger partial charge in [0, 0.05) is 32.5 Å². The zero-order valence-electron chi connectivity index (χ0n) is 14.1. The third kappa shape index (κ3) is 3.75. The first-order chi connectivity index (χ1) is 11.5. The zero-order valence-corrected chi connectivity index (χ0v) is 14.9. The van der Waals surface area contributed by atoms with Crippen molar-refractivity contribution in [2.45, 2.75) is 32.6 Å². The van der Waals surface area contributed by atoms with Crippen molar-refractivity contribution in [2.75, 3.05) is 19.6 Å². The summed E-state index contributed by atoms with van der Waals surface area (Å²) in [6, 6.07) is 8.09. The van der Waals surface area contributed by atoms with Gasteiger partial charge >= 0.3 is 0 Å². The number of nitrogens with one attached hydrogen (secondary N) is 1. The van der Waals surface area contributed by atoms with E-state index in [1.165, 1.54) is 4.70 Å². The molecular weight excluding hydrogens is 322 g/mol. The molecule has 2 heterocycles. The molecule has 1 aromatic carbocycles. The maximum atomic E-state index is 12.4. The van der Waals surface area contributed by atoms with Gasteiger partial charge in [0.05, 0.1) is 21.1 Å². The van der Waals surface area contributed by atoms with E-state index in [1.807, 2.05) is 18.2 Å². The number of rotatable bonds is 4. The fourth-order valence-corrected chi connectivity index (χ4v) is 4.08. The molecule has 1 aliphatic heterocycles. The van der Waals surface area contributed by atoms with Crippen LogP contribution in [0, 0.1) is 5.92 Å². The highest BCUT2D eigenvalue weighted by Gasteiger charge is 2.27. The fraction of sp³-hybridized carbons (Fsp3) is 0.500. The topological polar surface area (TPSA) is 62.3 Å². The van der Waals surface area contributed by atoms with Gasteiger partial charge in [-0.05, 0) is 25.0 Å². The largest absolute Gasteiger partial charge is 0.355 e. The van der Waals surface area contributed by atoms with Gasteiger partial charge in [-0.15, -0.1) is 11.3 Å². The minimum atomic E-state index is -0.0924. The molecule has 2 atom stereocenters. The van der Waals surface area contributed by atoms with Crippen LogP contribution in [-0.4, -0.2) is 41.3 Å². The molecule has 0 radical (unpaired) electrons. The predicted octanol–water partition coefficient (Wildman–Crippen LogP) is 2.77. The SMILES string of the molecule is CC(=O)N1CCC[C@@H](C(=O)NC[C@H](C)c2nc3ccccc3s2)C1. The van der Waals surface area contributed by atoms with E-state index in [0.717, 1.165) is 29.9 Å². The van der Waals surface area contributed by atoms with Crippen LogP contribution in [0.5, 0.6) is 0 Å². The lowest BCUT2D eigenvalue weighted by molar-refractivity contribution is -0.133. The van der Waals surface area contributed by atoms with Crippen LogP contribution in [0.4, 0.5) is 0 Å². The van der Waals surface area contributed by atoms with E-state index in [1.54, 1.807) is 23.2 Å². The Labute approximate surface area is 146 Å². The summed E-state index contributed by atoms with van der Waals surface area (Å²) in [6.45, 7) is 5.53. The number of thiazole rings is 1. The van der Waals surface area contributed by atoms with E-state index in [4.69, 9.17) is 0 Å². The molecule has 2 aromatic rings. The molecule has 5 nitrogen and oxygen atoms in total. The highest BCUT2D eigenvalue weighted by Crippen LogP contribution is 2.27. The quantitative estimate of drug-likeness (QED) is 0.927. The number of carbonyl (C=O) groups is 2. The summed E-state index contributed by atoms with van der Waals surface area (Å²) in [7, 11) is 0. The van der Waals surface area contributed by atoms with Gasteiger partial charge in [-0.2, -0.15) is 0 Å². The van der Waals surface area contributed by atoms with Crippen LogP contribution in [0.3, 0.4) is 0 Å². The van der Waals surface area contributed by atoms with Crippen LogP contribution in [0.2, 0.25) is 0 Å². The summed E-state index contributed by atoms with van der Waals surface area (Å²) >= 11 is 1.68. The molecule has 1 N–H and O–H groups in total. The molecule has 0 bridgehead atoms.